The van der Waals surface area contributed by atoms with E-state index in [2.05, 4.69) is 10.3 Å². The molecule has 0 saturated carbocycles. The van der Waals surface area contributed by atoms with Gasteiger partial charge in [-0.25, -0.2) is 5.01 Å². The number of rotatable bonds is 6. The summed E-state index contributed by atoms with van der Waals surface area (Å²) in [4.78, 5) is 28.2. The summed E-state index contributed by atoms with van der Waals surface area (Å²) in [5, 5.41) is 2.32. The third kappa shape index (κ3) is 4.80. The first-order chi connectivity index (χ1) is 15.2. The molecule has 1 saturated heterocycles. The van der Waals surface area contributed by atoms with E-state index in [0.717, 1.165) is 6.07 Å². The number of anilines is 1. The maximum atomic E-state index is 13.1. The Labute approximate surface area is 188 Å². The Balaban J connectivity index is 1.27. The highest BCUT2D eigenvalue weighted by Gasteiger charge is 2.36. The average Bonchev–Trinajstić information content (AvgIpc) is 3.00. The van der Waals surface area contributed by atoms with Gasteiger partial charge in [-0.1, -0.05) is 29.8 Å². The van der Waals surface area contributed by atoms with Crippen LogP contribution in [0.15, 0.2) is 42.5 Å². The van der Waals surface area contributed by atoms with E-state index in [1.807, 2.05) is 5.01 Å². The maximum absolute atomic E-state index is 13.1. The Morgan fingerprint density at radius 2 is 1.69 bits per heavy atom. The Kier molecular flexibility index (Phi) is 6.52. The van der Waals surface area contributed by atoms with Crippen molar-refractivity contribution in [2.75, 3.05) is 44.2 Å². The highest BCUT2D eigenvalue weighted by molar-refractivity contribution is 6.52. The van der Waals surface area contributed by atoms with Crippen molar-refractivity contribution in [1.82, 2.24) is 15.3 Å². The number of hydrogen-bond donors (Lipinski definition) is 1. The van der Waals surface area contributed by atoms with Gasteiger partial charge in [0.2, 0.25) is 0 Å². The normalized spacial score (nSPS) is 17.8. The molecule has 1 N–H and O–H groups in total. The third-order valence-electron chi connectivity index (χ3n) is 5.76. The van der Waals surface area contributed by atoms with Crippen LogP contribution in [-0.4, -0.2) is 60.9 Å². The van der Waals surface area contributed by atoms with Gasteiger partial charge in [-0.05, 0) is 29.8 Å². The molecule has 0 bridgehead atoms. The molecule has 0 unspecified atom stereocenters. The Bertz CT molecular complexity index is 1020. The van der Waals surface area contributed by atoms with E-state index in [1.165, 1.54) is 23.1 Å². The standard InChI is InChI=1S/C22H22ClF3N4O2/c23-16-5-6-19-17(13-16)20(31)21(32)30(19)12-9-28-7-10-29(11-8-28)27-14-15-3-1-2-4-18(15)22(24,25)26/h1-6,13,27H,7-12,14H2. The predicted molar refractivity (Wildman–Crippen MR) is 114 cm³/mol. The topological polar surface area (TPSA) is 55.9 Å². The fraction of sp³-hybridized carbons (Fsp3) is 0.364. The van der Waals surface area contributed by atoms with Gasteiger partial charge in [0.1, 0.15) is 0 Å². The maximum Gasteiger partial charge on any atom is 0.416 e. The number of hydrogen-bond acceptors (Lipinski definition) is 5. The monoisotopic (exact) mass is 466 g/mol. The molecule has 0 radical (unpaired) electrons. The van der Waals surface area contributed by atoms with Gasteiger partial charge in [-0.15, -0.1) is 0 Å². The number of halogens is 4. The second kappa shape index (κ2) is 9.19. The average molecular weight is 467 g/mol. The molecule has 2 aromatic carbocycles. The fourth-order valence-electron chi connectivity index (χ4n) is 4.01. The highest BCUT2D eigenvalue weighted by Crippen LogP contribution is 2.32. The van der Waals surface area contributed by atoms with Crippen LogP contribution in [-0.2, 0) is 17.5 Å². The van der Waals surface area contributed by atoms with Crippen molar-refractivity contribution < 1.29 is 22.8 Å². The van der Waals surface area contributed by atoms with E-state index in [1.54, 1.807) is 18.2 Å². The van der Waals surface area contributed by atoms with Crippen LogP contribution in [0.5, 0.6) is 0 Å². The van der Waals surface area contributed by atoms with E-state index >= 15 is 0 Å². The van der Waals surface area contributed by atoms with Crippen molar-refractivity contribution in [2.45, 2.75) is 12.7 Å². The molecule has 0 aliphatic carbocycles. The second-order valence-corrected chi connectivity index (χ2v) is 8.20. The molecule has 32 heavy (non-hydrogen) atoms. The highest BCUT2D eigenvalue weighted by atomic mass is 35.5. The van der Waals surface area contributed by atoms with Crippen molar-refractivity contribution in [3.63, 3.8) is 0 Å². The zero-order valence-corrected chi connectivity index (χ0v) is 17.9. The number of hydrazine groups is 1. The molecule has 170 valence electrons. The van der Waals surface area contributed by atoms with Gasteiger partial charge in [-0.3, -0.25) is 19.9 Å². The van der Waals surface area contributed by atoms with Crippen molar-refractivity contribution >= 4 is 29.0 Å². The van der Waals surface area contributed by atoms with E-state index in [9.17, 15) is 22.8 Å². The summed E-state index contributed by atoms with van der Waals surface area (Å²) in [5.41, 5.74) is 3.57. The minimum Gasteiger partial charge on any atom is -0.303 e. The number of carbonyl (C=O) groups is 2. The lowest BCUT2D eigenvalue weighted by Gasteiger charge is -2.35. The number of piperazine rings is 1. The van der Waals surface area contributed by atoms with Crippen molar-refractivity contribution in [3.05, 3.63) is 64.2 Å². The molecule has 10 heteroatoms. The Morgan fingerprint density at radius 1 is 0.969 bits per heavy atom. The van der Waals surface area contributed by atoms with Crippen LogP contribution in [0.25, 0.3) is 0 Å². The minimum atomic E-state index is -4.38. The number of benzene rings is 2. The first kappa shape index (κ1) is 22.7. The first-order valence-corrected chi connectivity index (χ1v) is 10.6. The van der Waals surface area contributed by atoms with E-state index in [-0.39, 0.29) is 12.1 Å². The Morgan fingerprint density at radius 3 is 2.41 bits per heavy atom. The lowest BCUT2D eigenvalue weighted by atomic mass is 10.1. The molecular formula is C22H22ClF3N4O2. The van der Waals surface area contributed by atoms with Gasteiger partial charge < -0.3 is 4.90 Å². The van der Waals surface area contributed by atoms with Gasteiger partial charge in [0.25, 0.3) is 11.7 Å². The molecule has 0 atom stereocenters. The number of alkyl halides is 3. The summed E-state index contributed by atoms with van der Waals surface area (Å²) < 4.78 is 39.4. The molecular weight excluding hydrogens is 445 g/mol. The van der Waals surface area contributed by atoms with Gasteiger partial charge in [-0.2, -0.15) is 13.2 Å². The van der Waals surface area contributed by atoms with Crippen LogP contribution < -0.4 is 10.3 Å². The van der Waals surface area contributed by atoms with Crippen molar-refractivity contribution in [3.8, 4) is 0 Å². The second-order valence-electron chi connectivity index (χ2n) is 7.77. The van der Waals surface area contributed by atoms with Gasteiger partial charge in [0.05, 0.1) is 16.8 Å². The molecule has 6 nitrogen and oxygen atoms in total. The zero-order chi connectivity index (χ0) is 22.9. The van der Waals surface area contributed by atoms with E-state index in [0.29, 0.717) is 55.5 Å². The summed E-state index contributed by atoms with van der Waals surface area (Å²) in [6.07, 6.45) is -4.38. The minimum absolute atomic E-state index is 0.0966. The molecule has 4 rings (SSSR count). The number of Topliss-reactive ketones (excluding diaryl/α,β-unsaturated/α-hetero) is 1. The summed E-state index contributed by atoms with van der Waals surface area (Å²) in [7, 11) is 0. The van der Waals surface area contributed by atoms with Gasteiger partial charge >= 0.3 is 6.18 Å². The molecule has 2 aliphatic rings. The number of fused-ring (bicyclic) bond motifs is 1. The smallest absolute Gasteiger partial charge is 0.303 e. The van der Waals surface area contributed by atoms with Gasteiger partial charge in [0.15, 0.2) is 0 Å². The predicted octanol–water partition coefficient (Wildman–Crippen LogP) is 3.21. The van der Waals surface area contributed by atoms with Crippen LogP contribution in [0.3, 0.4) is 0 Å². The SMILES string of the molecule is O=C1C(=O)N(CCN2CCN(NCc3ccccc3C(F)(F)F)CC2)c2ccc(Cl)cc21. The number of nitrogens with one attached hydrogen (secondary N) is 1. The number of carbonyl (C=O) groups excluding carboxylic acids is 2. The van der Waals surface area contributed by atoms with Gasteiger partial charge in [0, 0.05) is 50.8 Å². The van der Waals surface area contributed by atoms with Crippen LogP contribution in [0.2, 0.25) is 5.02 Å². The largest absolute Gasteiger partial charge is 0.416 e. The Hall–Kier alpha value is -2.46. The van der Waals surface area contributed by atoms with E-state index in [4.69, 9.17) is 11.6 Å². The number of amides is 1. The van der Waals surface area contributed by atoms with Crippen LogP contribution in [0.1, 0.15) is 21.5 Å². The molecule has 1 amide bonds. The molecule has 0 spiro atoms. The first-order valence-electron chi connectivity index (χ1n) is 10.3. The molecule has 1 fully saturated rings. The summed E-state index contributed by atoms with van der Waals surface area (Å²) in [5.74, 6) is -1.10. The zero-order valence-electron chi connectivity index (χ0n) is 17.2. The molecule has 2 heterocycles. The van der Waals surface area contributed by atoms with Crippen LogP contribution in [0.4, 0.5) is 18.9 Å². The molecule has 2 aromatic rings. The number of nitrogens with zero attached hydrogens (tertiary/aromatic N) is 3. The van der Waals surface area contributed by atoms with E-state index < -0.39 is 23.4 Å². The molecule has 0 aromatic heterocycles. The lowest BCUT2D eigenvalue weighted by Crippen LogP contribution is -2.53. The third-order valence-corrected chi connectivity index (χ3v) is 6.00. The summed E-state index contributed by atoms with van der Waals surface area (Å²) >= 11 is 5.94. The van der Waals surface area contributed by atoms with Crippen LogP contribution in [0, 0.1) is 0 Å². The summed E-state index contributed by atoms with van der Waals surface area (Å²) in [6, 6.07) is 10.4. The molecule has 2 aliphatic heterocycles. The summed E-state index contributed by atoms with van der Waals surface area (Å²) in [6.45, 7) is 3.71. The van der Waals surface area contributed by atoms with Crippen molar-refractivity contribution in [1.29, 1.82) is 0 Å². The number of ketones is 1. The van der Waals surface area contributed by atoms with Crippen LogP contribution >= 0.6 is 11.6 Å². The van der Waals surface area contributed by atoms with Crippen molar-refractivity contribution in [2.24, 2.45) is 0 Å². The lowest BCUT2D eigenvalue weighted by molar-refractivity contribution is -0.138. The fourth-order valence-corrected chi connectivity index (χ4v) is 4.19. The quantitative estimate of drug-likeness (QED) is 0.663.